The van der Waals surface area contributed by atoms with Crippen LogP contribution in [0.2, 0.25) is 0 Å². The molecule has 9 heteroatoms. The highest BCUT2D eigenvalue weighted by Gasteiger charge is 2.25. The van der Waals surface area contributed by atoms with Crippen LogP contribution in [-0.2, 0) is 11.2 Å². The van der Waals surface area contributed by atoms with Crippen LogP contribution in [0.5, 0.6) is 0 Å². The highest BCUT2D eigenvalue weighted by atomic mass is 79.9. The van der Waals surface area contributed by atoms with Crippen LogP contribution in [0.4, 0.5) is 10.6 Å². The van der Waals surface area contributed by atoms with Crippen molar-refractivity contribution >= 4 is 44.3 Å². The maximum absolute atomic E-state index is 12.3. The van der Waals surface area contributed by atoms with E-state index in [9.17, 15) is 4.79 Å². The summed E-state index contributed by atoms with van der Waals surface area (Å²) in [7, 11) is 0. The molecule has 0 unspecified atom stereocenters. The number of nitrogens with two attached hydrogens (primary N) is 1. The van der Waals surface area contributed by atoms with Crippen LogP contribution >= 0.6 is 15.9 Å². The fourth-order valence-electron chi connectivity index (χ4n) is 3.65. The van der Waals surface area contributed by atoms with Crippen molar-refractivity contribution in [2.45, 2.75) is 38.8 Å². The molecule has 8 nitrogen and oxygen atoms in total. The van der Waals surface area contributed by atoms with Crippen molar-refractivity contribution in [1.29, 1.82) is 0 Å². The molecule has 4 aromatic rings. The average molecular weight is 509 g/mol. The van der Waals surface area contributed by atoms with E-state index in [-0.39, 0.29) is 0 Å². The molecule has 0 fully saturated rings. The Labute approximate surface area is 200 Å². The van der Waals surface area contributed by atoms with Crippen molar-refractivity contribution in [2.75, 3.05) is 5.73 Å². The van der Waals surface area contributed by atoms with Crippen LogP contribution in [0.25, 0.3) is 27.5 Å². The van der Waals surface area contributed by atoms with E-state index in [1.807, 2.05) is 51.2 Å². The maximum atomic E-state index is 12.3. The zero-order valence-electron chi connectivity index (χ0n) is 18.7. The summed E-state index contributed by atoms with van der Waals surface area (Å²) in [5.74, 6) is 0.343. The minimum Gasteiger partial charge on any atom is -0.444 e. The zero-order chi connectivity index (χ0) is 23.8. The van der Waals surface area contributed by atoms with Crippen molar-refractivity contribution in [3.05, 3.63) is 65.7 Å². The molecule has 0 saturated carbocycles. The Hall–Kier alpha value is -3.46. The normalized spacial score (nSPS) is 12.6. The van der Waals surface area contributed by atoms with Gasteiger partial charge in [0.25, 0.3) is 0 Å². The van der Waals surface area contributed by atoms with Gasteiger partial charge in [-0.05, 0) is 48.8 Å². The summed E-state index contributed by atoms with van der Waals surface area (Å²) in [6, 6.07) is 9.57. The summed E-state index contributed by atoms with van der Waals surface area (Å²) in [5, 5.41) is 8.29. The van der Waals surface area contributed by atoms with E-state index < -0.39 is 17.7 Å². The number of fused-ring (bicyclic) bond motifs is 2. The van der Waals surface area contributed by atoms with Gasteiger partial charge in [-0.15, -0.1) is 6.58 Å². The first kappa shape index (κ1) is 22.7. The molecule has 4 rings (SSSR count). The number of nitrogens with one attached hydrogen (secondary N) is 1. The Balaban J connectivity index is 1.78. The molecule has 1 atom stereocenters. The number of hydrogen-bond acceptors (Lipinski definition) is 6. The monoisotopic (exact) mass is 508 g/mol. The number of pyridine rings is 1. The molecule has 3 aromatic heterocycles. The number of hydrogen-bond donors (Lipinski definition) is 2. The van der Waals surface area contributed by atoms with E-state index in [4.69, 9.17) is 10.5 Å². The number of nitrogens with zero attached hydrogens (tertiary/aromatic N) is 4. The summed E-state index contributed by atoms with van der Waals surface area (Å²) in [5.41, 5.74) is 9.76. The fraction of sp³-hybridized carbons (Fsp3) is 0.250. The molecular formula is C24H25BrN6O2. The van der Waals surface area contributed by atoms with Crippen molar-refractivity contribution in [3.63, 3.8) is 0 Å². The first-order valence-corrected chi connectivity index (χ1v) is 11.2. The van der Waals surface area contributed by atoms with E-state index in [0.717, 1.165) is 32.2 Å². The zero-order valence-corrected chi connectivity index (χ0v) is 20.3. The van der Waals surface area contributed by atoms with Gasteiger partial charge < -0.3 is 15.8 Å². The van der Waals surface area contributed by atoms with Gasteiger partial charge in [0.05, 0.1) is 17.3 Å². The number of aromatic nitrogens is 4. The van der Waals surface area contributed by atoms with E-state index in [1.165, 1.54) is 6.33 Å². The molecule has 1 amide bonds. The lowest BCUT2D eigenvalue weighted by molar-refractivity contribution is 0.0514. The molecule has 0 aliphatic carbocycles. The number of benzene rings is 1. The summed E-state index contributed by atoms with van der Waals surface area (Å²) in [4.78, 5) is 21.1. The molecule has 0 bridgehead atoms. The second-order valence-electron chi connectivity index (χ2n) is 8.65. The van der Waals surface area contributed by atoms with Gasteiger partial charge in [-0.1, -0.05) is 24.3 Å². The number of rotatable bonds is 5. The Bertz CT molecular complexity index is 1360. The summed E-state index contributed by atoms with van der Waals surface area (Å²) >= 11 is 3.75. The molecular weight excluding hydrogens is 484 g/mol. The second kappa shape index (κ2) is 8.82. The summed E-state index contributed by atoms with van der Waals surface area (Å²) in [6.45, 7) is 9.32. The molecule has 0 saturated heterocycles. The van der Waals surface area contributed by atoms with Gasteiger partial charge in [-0.25, -0.2) is 14.3 Å². The van der Waals surface area contributed by atoms with Crippen LogP contribution in [0.1, 0.15) is 26.5 Å². The van der Waals surface area contributed by atoms with Gasteiger partial charge in [-0.2, -0.15) is 5.10 Å². The van der Waals surface area contributed by atoms with Crippen molar-refractivity contribution in [2.24, 2.45) is 0 Å². The standard InChI is InChI=1S/C24H25BrN6O2/c1-5-16(30-23(32)33-24(2,3)4)11-18-20(25)19(21-22(26)28-13-29-31(18)21)15-10-14-8-6-7-9-17(14)27-12-15/h5-10,12-13,16H,1,11H2,2-4H3,(H,30,32)(H2,26,28,29)/t16-/m0/s1. The Morgan fingerprint density at radius 3 is 2.82 bits per heavy atom. The van der Waals surface area contributed by atoms with Crippen LogP contribution in [-0.4, -0.2) is 37.3 Å². The molecule has 0 radical (unpaired) electrons. The average Bonchev–Trinajstić information content (AvgIpc) is 3.04. The summed E-state index contributed by atoms with van der Waals surface area (Å²) < 4.78 is 7.93. The second-order valence-corrected chi connectivity index (χ2v) is 9.44. The Morgan fingerprint density at radius 2 is 2.09 bits per heavy atom. The summed E-state index contributed by atoms with van der Waals surface area (Å²) in [6.07, 6.45) is 4.77. The van der Waals surface area contributed by atoms with Gasteiger partial charge in [0.2, 0.25) is 0 Å². The topological polar surface area (TPSA) is 107 Å². The first-order valence-electron chi connectivity index (χ1n) is 10.4. The van der Waals surface area contributed by atoms with E-state index in [1.54, 1.807) is 10.6 Å². The van der Waals surface area contributed by atoms with Gasteiger partial charge in [-0.3, -0.25) is 4.98 Å². The fourth-order valence-corrected chi connectivity index (χ4v) is 4.40. The van der Waals surface area contributed by atoms with Crippen LogP contribution in [0, 0.1) is 0 Å². The van der Waals surface area contributed by atoms with E-state index in [0.29, 0.717) is 17.8 Å². The van der Waals surface area contributed by atoms with Crippen molar-refractivity contribution in [3.8, 4) is 11.1 Å². The Kier molecular flexibility index (Phi) is 6.07. The number of anilines is 1. The number of carbonyl (C=O) groups excluding carboxylic acids is 1. The number of amides is 1. The quantitative estimate of drug-likeness (QED) is 0.370. The van der Waals surface area contributed by atoms with Gasteiger partial charge in [0, 0.05) is 33.6 Å². The largest absolute Gasteiger partial charge is 0.444 e. The smallest absolute Gasteiger partial charge is 0.408 e. The molecule has 170 valence electrons. The lowest BCUT2D eigenvalue weighted by Gasteiger charge is -2.22. The minimum absolute atomic E-state index is 0.343. The lowest BCUT2D eigenvalue weighted by Crippen LogP contribution is -2.39. The van der Waals surface area contributed by atoms with E-state index >= 15 is 0 Å². The number of nitrogen functional groups attached to an aromatic ring is 1. The minimum atomic E-state index is -0.601. The highest BCUT2D eigenvalue weighted by Crippen LogP contribution is 2.39. The highest BCUT2D eigenvalue weighted by molar-refractivity contribution is 9.10. The van der Waals surface area contributed by atoms with Gasteiger partial charge >= 0.3 is 6.09 Å². The number of para-hydroxylation sites is 1. The van der Waals surface area contributed by atoms with Crippen molar-refractivity contribution < 1.29 is 9.53 Å². The molecule has 3 heterocycles. The third kappa shape index (κ3) is 4.68. The van der Waals surface area contributed by atoms with E-state index in [2.05, 4.69) is 49.0 Å². The first-order chi connectivity index (χ1) is 15.7. The molecule has 1 aromatic carbocycles. The van der Waals surface area contributed by atoms with Crippen LogP contribution < -0.4 is 11.1 Å². The maximum Gasteiger partial charge on any atom is 0.408 e. The molecule has 0 aliphatic rings. The molecule has 3 N–H and O–H groups in total. The van der Waals surface area contributed by atoms with Gasteiger partial charge in [0.15, 0.2) is 5.82 Å². The number of halogens is 1. The SMILES string of the molecule is C=C[C@@H](Cc1c(Br)c(-c2cnc3ccccc3c2)c2c(N)ncnn12)NC(=O)OC(C)(C)C. The predicted octanol–water partition coefficient (Wildman–Crippen LogP) is 4.91. The van der Waals surface area contributed by atoms with Crippen LogP contribution in [0.3, 0.4) is 0 Å². The third-order valence-electron chi connectivity index (χ3n) is 5.06. The molecule has 33 heavy (non-hydrogen) atoms. The molecule has 0 aliphatic heterocycles. The van der Waals surface area contributed by atoms with Gasteiger partial charge in [0.1, 0.15) is 17.4 Å². The number of carbonyl (C=O) groups is 1. The Morgan fingerprint density at radius 1 is 1.33 bits per heavy atom. The molecule has 0 spiro atoms. The number of ether oxygens (including phenoxy) is 1. The number of alkyl carbamates (subject to hydrolysis) is 1. The lowest BCUT2D eigenvalue weighted by atomic mass is 10.1. The predicted molar refractivity (Wildman–Crippen MR) is 133 cm³/mol. The third-order valence-corrected chi connectivity index (χ3v) is 5.92. The van der Waals surface area contributed by atoms with Crippen LogP contribution in [0.15, 0.2) is 60.0 Å². The van der Waals surface area contributed by atoms with Crippen molar-refractivity contribution in [1.82, 2.24) is 24.9 Å².